The lowest BCUT2D eigenvalue weighted by atomic mass is 9.96. The lowest BCUT2D eigenvalue weighted by Crippen LogP contribution is -2.36. The van der Waals surface area contributed by atoms with Crippen molar-refractivity contribution in [2.24, 2.45) is 0 Å². The van der Waals surface area contributed by atoms with Crippen molar-refractivity contribution in [3.8, 4) is 0 Å². The number of fused-ring (bicyclic) bond motifs is 2. The number of amides is 1. The van der Waals surface area contributed by atoms with Gasteiger partial charge < -0.3 is 15.0 Å². The molecule has 1 N–H and O–H groups in total. The molecule has 1 heterocycles. The Morgan fingerprint density at radius 2 is 1.74 bits per heavy atom. The van der Waals surface area contributed by atoms with E-state index in [-0.39, 0.29) is 22.8 Å². The molecular weight excluding hydrogens is 460 g/mol. The Balaban J connectivity index is 1.29. The highest BCUT2D eigenvalue weighted by Gasteiger charge is 2.53. The minimum atomic E-state index is -0.387. The summed E-state index contributed by atoms with van der Waals surface area (Å²) in [6, 6.07) is 21.4. The van der Waals surface area contributed by atoms with Gasteiger partial charge in [-0.1, -0.05) is 48.0 Å². The van der Waals surface area contributed by atoms with Crippen molar-refractivity contribution in [1.29, 1.82) is 0 Å². The molecule has 0 radical (unpaired) electrons. The van der Waals surface area contributed by atoms with Gasteiger partial charge in [-0.2, -0.15) is 0 Å². The second-order valence-electron chi connectivity index (χ2n) is 10.1. The number of esters is 1. The van der Waals surface area contributed by atoms with E-state index in [0.29, 0.717) is 5.56 Å². The molecule has 1 amide bonds. The van der Waals surface area contributed by atoms with E-state index < -0.39 is 0 Å². The molecule has 2 saturated carbocycles. The van der Waals surface area contributed by atoms with Crippen LogP contribution in [0.3, 0.4) is 0 Å². The number of methoxy groups -OCH3 is 1. The first kappa shape index (κ1) is 22.2. The van der Waals surface area contributed by atoms with Crippen molar-refractivity contribution in [2.45, 2.75) is 43.2 Å². The van der Waals surface area contributed by atoms with E-state index >= 15 is 0 Å². The molecule has 3 aromatic carbocycles. The van der Waals surface area contributed by atoms with Crippen LogP contribution in [0, 0.1) is 0 Å². The molecule has 35 heavy (non-hydrogen) atoms. The zero-order valence-electron chi connectivity index (χ0n) is 19.6. The quantitative estimate of drug-likeness (QED) is 0.461. The molecule has 6 heteroatoms. The summed E-state index contributed by atoms with van der Waals surface area (Å²) in [5.41, 5.74) is 5.52. The zero-order chi connectivity index (χ0) is 24.2. The summed E-state index contributed by atoms with van der Waals surface area (Å²) in [5.74, 6) is -0.413. The number of rotatable bonds is 6. The fourth-order valence-corrected chi connectivity index (χ4v) is 5.75. The van der Waals surface area contributed by atoms with Crippen LogP contribution in [0.25, 0.3) is 0 Å². The Bertz CT molecular complexity index is 1330. The van der Waals surface area contributed by atoms with Crippen LogP contribution in [0.5, 0.6) is 0 Å². The van der Waals surface area contributed by atoms with Gasteiger partial charge in [-0.25, -0.2) is 4.79 Å². The van der Waals surface area contributed by atoms with Crippen LogP contribution in [0.1, 0.15) is 63.1 Å². The smallest absolute Gasteiger partial charge is 0.337 e. The van der Waals surface area contributed by atoms with E-state index in [1.807, 2.05) is 42.5 Å². The molecule has 1 aliphatic heterocycles. The molecule has 178 valence electrons. The number of hydrogen-bond acceptors (Lipinski definition) is 4. The Morgan fingerprint density at radius 1 is 1.00 bits per heavy atom. The summed E-state index contributed by atoms with van der Waals surface area (Å²) in [4.78, 5) is 27.9. The number of nitrogens with one attached hydrogen (secondary N) is 1. The van der Waals surface area contributed by atoms with Gasteiger partial charge >= 0.3 is 5.97 Å². The fourth-order valence-electron chi connectivity index (χ4n) is 5.53. The Kier molecular flexibility index (Phi) is 5.15. The summed E-state index contributed by atoms with van der Waals surface area (Å²) in [7, 11) is 1.37. The minimum absolute atomic E-state index is 0.0508. The van der Waals surface area contributed by atoms with Crippen molar-refractivity contribution in [3.05, 3.63) is 99.6 Å². The van der Waals surface area contributed by atoms with Gasteiger partial charge in [0.15, 0.2) is 0 Å². The van der Waals surface area contributed by atoms with Gasteiger partial charge in [0, 0.05) is 23.5 Å². The maximum absolute atomic E-state index is 13.7. The number of benzene rings is 3. The third-order valence-corrected chi connectivity index (χ3v) is 7.97. The summed E-state index contributed by atoms with van der Waals surface area (Å²) in [5, 5.41) is 4.06. The van der Waals surface area contributed by atoms with E-state index in [2.05, 4.69) is 22.3 Å². The largest absolute Gasteiger partial charge is 0.465 e. The second kappa shape index (κ2) is 8.13. The molecule has 2 aliphatic carbocycles. The average Bonchev–Trinajstić information content (AvgIpc) is 3.79. The highest BCUT2D eigenvalue weighted by atomic mass is 35.5. The van der Waals surface area contributed by atoms with Crippen LogP contribution in [-0.2, 0) is 22.2 Å². The maximum Gasteiger partial charge on any atom is 0.337 e. The van der Waals surface area contributed by atoms with E-state index in [0.717, 1.165) is 66.2 Å². The van der Waals surface area contributed by atoms with E-state index in [9.17, 15) is 9.59 Å². The van der Waals surface area contributed by atoms with Crippen LogP contribution >= 0.6 is 11.6 Å². The van der Waals surface area contributed by atoms with Crippen LogP contribution in [0.2, 0.25) is 5.02 Å². The summed E-state index contributed by atoms with van der Waals surface area (Å²) >= 11 is 6.25. The first-order valence-corrected chi connectivity index (χ1v) is 12.5. The maximum atomic E-state index is 13.7. The van der Waals surface area contributed by atoms with Gasteiger partial charge in [0.2, 0.25) is 0 Å². The number of ether oxygens (including phenoxy) is 1. The first-order valence-electron chi connectivity index (χ1n) is 12.1. The Hall–Kier alpha value is -3.31. The molecule has 6 rings (SSSR count). The Labute approximate surface area is 210 Å². The van der Waals surface area contributed by atoms with Crippen molar-refractivity contribution in [3.63, 3.8) is 0 Å². The predicted molar refractivity (Wildman–Crippen MR) is 136 cm³/mol. The number of nitrogens with zero attached hydrogens (tertiary/aromatic N) is 1. The van der Waals surface area contributed by atoms with Crippen LogP contribution < -0.4 is 10.2 Å². The van der Waals surface area contributed by atoms with Crippen LogP contribution in [0.4, 0.5) is 5.69 Å². The molecule has 0 bridgehead atoms. The fraction of sp³-hybridized carbons (Fsp3) is 0.310. The molecule has 0 aromatic heterocycles. The van der Waals surface area contributed by atoms with Crippen LogP contribution in [-0.4, -0.2) is 25.5 Å². The van der Waals surface area contributed by atoms with Crippen molar-refractivity contribution in [2.75, 3.05) is 18.6 Å². The van der Waals surface area contributed by atoms with E-state index in [4.69, 9.17) is 16.3 Å². The zero-order valence-corrected chi connectivity index (χ0v) is 20.4. The van der Waals surface area contributed by atoms with Gasteiger partial charge in [-0.05, 0) is 72.7 Å². The standard InChI is InChI=1S/C29H27ClN2O3/c1-35-27(34)20-8-10-21(11-9-20)29(14-15-29)31-26(33)23-6-3-7-24-25(23)32(18-28(24)12-13-28)17-19-4-2-5-22(30)16-19/h2-11,16H,12-15,17-18H2,1H3,(H,31,33). The van der Waals surface area contributed by atoms with Crippen molar-refractivity contribution in [1.82, 2.24) is 5.32 Å². The number of anilines is 1. The summed E-state index contributed by atoms with van der Waals surface area (Å²) in [6.07, 6.45) is 4.07. The number of halogens is 1. The van der Waals surface area contributed by atoms with Gasteiger partial charge in [0.05, 0.1) is 29.5 Å². The monoisotopic (exact) mass is 486 g/mol. The molecule has 0 atom stereocenters. The SMILES string of the molecule is COC(=O)c1ccc(C2(NC(=O)c3cccc4c3N(Cc3cccc(Cl)c3)CC43CC3)CC2)cc1. The van der Waals surface area contributed by atoms with Crippen LogP contribution in [0.15, 0.2) is 66.7 Å². The average molecular weight is 487 g/mol. The van der Waals surface area contributed by atoms with Crippen molar-refractivity contribution >= 4 is 29.2 Å². The molecule has 1 spiro atoms. The lowest BCUT2D eigenvalue weighted by Gasteiger charge is -2.24. The molecule has 0 saturated heterocycles. The molecule has 0 unspecified atom stereocenters. The minimum Gasteiger partial charge on any atom is -0.465 e. The number of carbonyl (C=O) groups is 2. The first-order chi connectivity index (χ1) is 16.9. The third-order valence-electron chi connectivity index (χ3n) is 7.74. The van der Waals surface area contributed by atoms with Gasteiger partial charge in [-0.15, -0.1) is 0 Å². The number of para-hydroxylation sites is 1. The molecule has 5 nitrogen and oxygen atoms in total. The Morgan fingerprint density at radius 3 is 2.40 bits per heavy atom. The lowest BCUT2D eigenvalue weighted by molar-refractivity contribution is 0.0600. The van der Waals surface area contributed by atoms with Gasteiger partial charge in [0.1, 0.15) is 0 Å². The number of carbonyl (C=O) groups excluding carboxylic acids is 2. The normalized spacial score (nSPS) is 18.2. The predicted octanol–water partition coefficient (Wildman–Crippen LogP) is 5.60. The van der Waals surface area contributed by atoms with Gasteiger partial charge in [0.25, 0.3) is 5.91 Å². The molecule has 3 aliphatic rings. The topological polar surface area (TPSA) is 58.6 Å². The molecule has 3 aromatic rings. The summed E-state index contributed by atoms with van der Waals surface area (Å²) < 4.78 is 4.80. The summed E-state index contributed by atoms with van der Waals surface area (Å²) in [6.45, 7) is 1.65. The van der Waals surface area contributed by atoms with E-state index in [1.165, 1.54) is 12.7 Å². The second-order valence-corrected chi connectivity index (χ2v) is 10.5. The third kappa shape index (κ3) is 3.88. The van der Waals surface area contributed by atoms with Gasteiger partial charge in [-0.3, -0.25) is 4.79 Å². The number of hydrogen-bond donors (Lipinski definition) is 1. The highest BCUT2D eigenvalue weighted by molar-refractivity contribution is 6.30. The molecular formula is C29H27ClN2O3. The molecule has 2 fully saturated rings. The highest BCUT2D eigenvalue weighted by Crippen LogP contribution is 2.57. The van der Waals surface area contributed by atoms with E-state index in [1.54, 1.807) is 12.1 Å². The van der Waals surface area contributed by atoms with Crippen molar-refractivity contribution < 1.29 is 14.3 Å².